The third-order valence-electron chi connectivity index (χ3n) is 3.47. The van der Waals surface area contributed by atoms with E-state index in [4.69, 9.17) is 10.8 Å². The first-order valence-corrected chi connectivity index (χ1v) is 6.61. The Morgan fingerprint density at radius 3 is 2.80 bits per heavy atom. The van der Waals surface area contributed by atoms with Gasteiger partial charge in [0.05, 0.1) is 5.92 Å². The molecule has 5 nitrogen and oxygen atoms in total. The lowest BCUT2D eigenvalue weighted by Crippen LogP contribution is -2.31. The second-order valence-electron chi connectivity index (χ2n) is 5.06. The summed E-state index contributed by atoms with van der Waals surface area (Å²) < 4.78 is 0. The Morgan fingerprint density at radius 1 is 1.35 bits per heavy atom. The van der Waals surface area contributed by atoms with Crippen LogP contribution in [0.3, 0.4) is 0 Å². The zero-order chi connectivity index (χ0) is 14.5. The number of anilines is 1. The number of hydrogen-bond donors (Lipinski definition) is 3. The first-order valence-electron chi connectivity index (χ1n) is 6.61. The molecule has 0 aliphatic heterocycles. The molecule has 2 unspecified atom stereocenters. The van der Waals surface area contributed by atoms with Crippen molar-refractivity contribution in [1.29, 1.82) is 0 Å². The van der Waals surface area contributed by atoms with Gasteiger partial charge in [0.1, 0.15) is 0 Å². The molecule has 2 rings (SSSR count). The number of carboxylic acid groups (broad SMARTS) is 1. The van der Waals surface area contributed by atoms with E-state index in [1.165, 1.54) is 6.08 Å². The van der Waals surface area contributed by atoms with Gasteiger partial charge in [0, 0.05) is 17.8 Å². The molecule has 0 saturated heterocycles. The van der Waals surface area contributed by atoms with Gasteiger partial charge in [-0.05, 0) is 43.0 Å². The van der Waals surface area contributed by atoms with E-state index in [0.717, 1.165) is 12.0 Å². The zero-order valence-corrected chi connectivity index (χ0v) is 11.1. The van der Waals surface area contributed by atoms with Gasteiger partial charge >= 0.3 is 5.97 Å². The van der Waals surface area contributed by atoms with Gasteiger partial charge in [-0.3, -0.25) is 9.59 Å². The minimum Gasteiger partial charge on any atom is -0.481 e. The van der Waals surface area contributed by atoms with Crippen molar-refractivity contribution in [1.82, 2.24) is 5.32 Å². The van der Waals surface area contributed by atoms with E-state index in [9.17, 15) is 9.59 Å². The first-order chi connectivity index (χ1) is 9.54. The van der Waals surface area contributed by atoms with Crippen LogP contribution in [0.1, 0.15) is 24.8 Å². The van der Waals surface area contributed by atoms with Crippen LogP contribution >= 0.6 is 0 Å². The average Bonchev–Trinajstić information content (AvgIpc) is 2.85. The van der Waals surface area contributed by atoms with Crippen molar-refractivity contribution in [2.24, 2.45) is 5.92 Å². The first kappa shape index (κ1) is 14.1. The monoisotopic (exact) mass is 274 g/mol. The van der Waals surface area contributed by atoms with Gasteiger partial charge in [0.15, 0.2) is 0 Å². The molecule has 2 atom stereocenters. The van der Waals surface area contributed by atoms with Crippen molar-refractivity contribution in [2.75, 3.05) is 5.73 Å². The number of amides is 1. The lowest BCUT2D eigenvalue weighted by Gasteiger charge is -2.10. The lowest BCUT2D eigenvalue weighted by molar-refractivity contribution is -0.141. The number of carbonyl (C=O) groups is 2. The molecule has 4 N–H and O–H groups in total. The quantitative estimate of drug-likeness (QED) is 0.575. The highest BCUT2D eigenvalue weighted by Gasteiger charge is 2.30. The lowest BCUT2D eigenvalue weighted by atomic mass is 10.1. The van der Waals surface area contributed by atoms with Crippen LogP contribution in [0.15, 0.2) is 30.3 Å². The number of nitrogens with two attached hydrogens (primary N) is 1. The maximum atomic E-state index is 11.8. The highest BCUT2D eigenvalue weighted by Crippen LogP contribution is 2.25. The average molecular weight is 274 g/mol. The van der Waals surface area contributed by atoms with E-state index in [2.05, 4.69) is 5.32 Å². The number of rotatable bonds is 4. The number of benzene rings is 1. The Balaban J connectivity index is 1.86. The summed E-state index contributed by atoms with van der Waals surface area (Å²) in [5.41, 5.74) is 7.15. The van der Waals surface area contributed by atoms with Gasteiger partial charge in [-0.15, -0.1) is 0 Å². The Labute approximate surface area is 117 Å². The number of nitrogens with one attached hydrogen (secondary N) is 1. The molecule has 1 aliphatic carbocycles. The number of aliphatic carboxylic acids is 1. The van der Waals surface area contributed by atoms with Gasteiger partial charge in [-0.2, -0.15) is 0 Å². The Morgan fingerprint density at radius 2 is 2.15 bits per heavy atom. The molecule has 0 radical (unpaired) electrons. The summed E-state index contributed by atoms with van der Waals surface area (Å²) in [5.74, 6) is -1.32. The summed E-state index contributed by atoms with van der Waals surface area (Å²) in [4.78, 5) is 22.6. The van der Waals surface area contributed by atoms with E-state index >= 15 is 0 Å². The van der Waals surface area contributed by atoms with Crippen LogP contribution in [0.2, 0.25) is 0 Å². The Bertz CT molecular complexity index is 540. The summed E-state index contributed by atoms with van der Waals surface area (Å²) >= 11 is 0. The summed E-state index contributed by atoms with van der Waals surface area (Å²) in [7, 11) is 0. The fourth-order valence-electron chi connectivity index (χ4n) is 2.42. The SMILES string of the molecule is Nc1cccc(/C=C/C(=O)NC2CCC(C(=O)O)C2)c1. The molecular formula is C15H18N2O3. The summed E-state index contributed by atoms with van der Waals surface area (Å²) in [5, 5.41) is 11.7. The smallest absolute Gasteiger partial charge is 0.306 e. The number of carbonyl (C=O) groups excluding carboxylic acids is 1. The van der Waals surface area contributed by atoms with Crippen molar-refractivity contribution < 1.29 is 14.7 Å². The molecule has 1 aromatic rings. The van der Waals surface area contributed by atoms with Gasteiger partial charge in [0.25, 0.3) is 0 Å². The van der Waals surface area contributed by atoms with Crippen LogP contribution in [0.5, 0.6) is 0 Å². The van der Waals surface area contributed by atoms with Crippen LogP contribution in [-0.4, -0.2) is 23.0 Å². The van der Waals surface area contributed by atoms with Crippen molar-refractivity contribution in [2.45, 2.75) is 25.3 Å². The number of nitrogen functional groups attached to an aromatic ring is 1. The predicted octanol–water partition coefficient (Wildman–Crippen LogP) is 1.65. The molecule has 0 heterocycles. The van der Waals surface area contributed by atoms with E-state index < -0.39 is 5.97 Å². The third kappa shape index (κ3) is 3.85. The zero-order valence-electron chi connectivity index (χ0n) is 11.1. The fourth-order valence-corrected chi connectivity index (χ4v) is 2.42. The molecule has 0 spiro atoms. The molecule has 1 aliphatic rings. The van der Waals surface area contributed by atoms with Crippen LogP contribution in [0.25, 0.3) is 6.08 Å². The maximum absolute atomic E-state index is 11.8. The third-order valence-corrected chi connectivity index (χ3v) is 3.47. The summed E-state index contributed by atoms with van der Waals surface area (Å²) in [6, 6.07) is 7.19. The van der Waals surface area contributed by atoms with Gasteiger partial charge in [-0.1, -0.05) is 12.1 Å². The number of carboxylic acids is 1. The topological polar surface area (TPSA) is 92.4 Å². The fraction of sp³-hybridized carbons (Fsp3) is 0.333. The molecular weight excluding hydrogens is 256 g/mol. The van der Waals surface area contributed by atoms with E-state index in [1.54, 1.807) is 18.2 Å². The second-order valence-corrected chi connectivity index (χ2v) is 5.06. The highest BCUT2D eigenvalue weighted by molar-refractivity contribution is 5.92. The molecule has 0 bridgehead atoms. The minimum atomic E-state index is -0.781. The van der Waals surface area contributed by atoms with E-state index in [1.807, 2.05) is 12.1 Å². The van der Waals surface area contributed by atoms with E-state index in [0.29, 0.717) is 18.5 Å². The van der Waals surface area contributed by atoms with Crippen molar-refractivity contribution in [3.8, 4) is 0 Å². The van der Waals surface area contributed by atoms with Crippen molar-refractivity contribution in [3.05, 3.63) is 35.9 Å². The molecule has 106 valence electrons. The molecule has 5 heteroatoms. The predicted molar refractivity (Wildman–Crippen MR) is 76.8 cm³/mol. The molecule has 1 amide bonds. The minimum absolute atomic E-state index is 0.0471. The van der Waals surface area contributed by atoms with Gasteiger partial charge in [-0.25, -0.2) is 0 Å². The van der Waals surface area contributed by atoms with Gasteiger partial charge < -0.3 is 16.2 Å². The van der Waals surface area contributed by atoms with Crippen LogP contribution in [0, 0.1) is 5.92 Å². The van der Waals surface area contributed by atoms with Gasteiger partial charge in [0.2, 0.25) is 5.91 Å². The Kier molecular flexibility index (Phi) is 4.40. The largest absolute Gasteiger partial charge is 0.481 e. The van der Waals surface area contributed by atoms with E-state index in [-0.39, 0.29) is 17.9 Å². The van der Waals surface area contributed by atoms with Crippen molar-refractivity contribution in [3.63, 3.8) is 0 Å². The maximum Gasteiger partial charge on any atom is 0.306 e. The standard InChI is InChI=1S/C15H18N2O3/c16-12-3-1-2-10(8-12)4-7-14(18)17-13-6-5-11(9-13)15(19)20/h1-4,7-8,11,13H,5-6,9,16H2,(H,17,18)(H,19,20)/b7-4+. The van der Waals surface area contributed by atoms with Crippen LogP contribution in [-0.2, 0) is 9.59 Å². The molecule has 0 aromatic heterocycles. The second kappa shape index (κ2) is 6.23. The highest BCUT2D eigenvalue weighted by atomic mass is 16.4. The summed E-state index contributed by atoms with van der Waals surface area (Å²) in [6.45, 7) is 0. The van der Waals surface area contributed by atoms with Crippen LogP contribution < -0.4 is 11.1 Å². The van der Waals surface area contributed by atoms with Crippen molar-refractivity contribution >= 4 is 23.6 Å². The Hall–Kier alpha value is -2.30. The molecule has 1 saturated carbocycles. The molecule has 1 fully saturated rings. The van der Waals surface area contributed by atoms with Crippen LogP contribution in [0.4, 0.5) is 5.69 Å². The summed E-state index contributed by atoms with van der Waals surface area (Å²) in [6.07, 6.45) is 4.99. The molecule has 20 heavy (non-hydrogen) atoms. The molecule has 1 aromatic carbocycles. The normalized spacial score (nSPS) is 22.0. The number of hydrogen-bond acceptors (Lipinski definition) is 3.